The van der Waals surface area contributed by atoms with Crippen LogP contribution in [0.2, 0.25) is 0 Å². The van der Waals surface area contributed by atoms with E-state index in [4.69, 9.17) is 0 Å². The standard InChI is InChI=1S/C12H15FO/c1-9(2)4-6-12(3)7-5-10(14)8-11(12)13/h4-5,7-8H,6H2,1-3H3. The second-order valence-electron chi connectivity index (χ2n) is 4.13. The summed E-state index contributed by atoms with van der Waals surface area (Å²) in [5.74, 6) is -0.611. The van der Waals surface area contributed by atoms with Crippen molar-refractivity contribution in [2.45, 2.75) is 27.2 Å². The molecule has 0 aromatic heterocycles. The molecule has 0 aromatic rings. The molecule has 0 N–H and O–H groups in total. The van der Waals surface area contributed by atoms with Crippen molar-refractivity contribution in [1.29, 1.82) is 0 Å². The molecule has 0 bridgehead atoms. The number of carbonyl (C=O) groups is 1. The van der Waals surface area contributed by atoms with Crippen molar-refractivity contribution in [3.63, 3.8) is 0 Å². The number of hydrogen-bond acceptors (Lipinski definition) is 1. The molecule has 14 heavy (non-hydrogen) atoms. The SMILES string of the molecule is CC(C)=CCC1(C)C=CC(=O)C=C1F. The van der Waals surface area contributed by atoms with E-state index in [1.54, 1.807) is 13.0 Å². The van der Waals surface area contributed by atoms with Gasteiger partial charge in [-0.15, -0.1) is 0 Å². The molecule has 0 saturated carbocycles. The molecule has 0 fully saturated rings. The van der Waals surface area contributed by atoms with Gasteiger partial charge >= 0.3 is 0 Å². The van der Waals surface area contributed by atoms with Gasteiger partial charge in [0.25, 0.3) is 0 Å². The molecular formula is C12H15FO. The molecule has 1 aliphatic carbocycles. The minimum absolute atomic E-state index is 0.267. The Labute approximate surface area is 84.0 Å². The number of allylic oxidation sites excluding steroid dienone is 6. The van der Waals surface area contributed by atoms with E-state index >= 15 is 0 Å². The largest absolute Gasteiger partial charge is 0.290 e. The summed E-state index contributed by atoms with van der Waals surface area (Å²) in [6.45, 7) is 5.74. The van der Waals surface area contributed by atoms with Crippen LogP contribution in [0.3, 0.4) is 0 Å². The summed E-state index contributed by atoms with van der Waals surface area (Å²) in [5.41, 5.74) is 0.523. The van der Waals surface area contributed by atoms with Crippen molar-refractivity contribution in [3.8, 4) is 0 Å². The Bertz CT molecular complexity index is 332. The predicted molar refractivity (Wildman–Crippen MR) is 55.5 cm³/mol. The highest BCUT2D eigenvalue weighted by molar-refractivity contribution is 6.00. The quantitative estimate of drug-likeness (QED) is 0.616. The molecule has 0 amide bonds. The van der Waals surface area contributed by atoms with E-state index in [9.17, 15) is 9.18 Å². The van der Waals surface area contributed by atoms with E-state index in [0.717, 1.165) is 11.6 Å². The first kappa shape index (κ1) is 10.9. The molecule has 1 aliphatic rings. The van der Waals surface area contributed by atoms with Gasteiger partial charge < -0.3 is 0 Å². The Morgan fingerprint density at radius 1 is 1.57 bits per heavy atom. The molecule has 0 saturated heterocycles. The number of hydrogen-bond donors (Lipinski definition) is 0. The van der Waals surface area contributed by atoms with Gasteiger partial charge in [0.2, 0.25) is 0 Å². The van der Waals surface area contributed by atoms with Crippen LogP contribution in [0.25, 0.3) is 0 Å². The molecule has 76 valence electrons. The third kappa shape index (κ3) is 2.41. The van der Waals surface area contributed by atoms with Crippen LogP contribution >= 0.6 is 0 Å². The number of rotatable bonds is 2. The lowest BCUT2D eigenvalue weighted by Crippen LogP contribution is -2.17. The average Bonchev–Trinajstić information content (AvgIpc) is 2.09. The molecular weight excluding hydrogens is 179 g/mol. The summed E-state index contributed by atoms with van der Waals surface area (Å²) in [6, 6.07) is 0. The van der Waals surface area contributed by atoms with E-state index in [1.165, 1.54) is 6.08 Å². The van der Waals surface area contributed by atoms with Gasteiger partial charge in [0, 0.05) is 11.5 Å². The zero-order valence-electron chi connectivity index (χ0n) is 8.80. The van der Waals surface area contributed by atoms with Gasteiger partial charge in [-0.3, -0.25) is 4.79 Å². The Morgan fingerprint density at radius 2 is 2.21 bits per heavy atom. The Hall–Kier alpha value is -1.18. The maximum Gasteiger partial charge on any atom is 0.180 e. The second-order valence-corrected chi connectivity index (χ2v) is 4.13. The van der Waals surface area contributed by atoms with Crippen LogP contribution in [0.4, 0.5) is 4.39 Å². The zero-order chi connectivity index (χ0) is 10.8. The summed E-state index contributed by atoms with van der Waals surface area (Å²) in [6.07, 6.45) is 6.72. The molecule has 1 nitrogen and oxygen atoms in total. The Morgan fingerprint density at radius 3 is 2.71 bits per heavy atom. The van der Waals surface area contributed by atoms with Gasteiger partial charge in [-0.1, -0.05) is 17.7 Å². The number of carbonyl (C=O) groups excluding carboxylic acids is 1. The van der Waals surface area contributed by atoms with Crippen molar-refractivity contribution < 1.29 is 9.18 Å². The fourth-order valence-corrected chi connectivity index (χ4v) is 1.27. The van der Waals surface area contributed by atoms with E-state index in [1.807, 2.05) is 19.9 Å². The Balaban J connectivity index is 2.85. The molecule has 0 aromatic carbocycles. The van der Waals surface area contributed by atoms with E-state index < -0.39 is 5.41 Å². The third-order valence-electron chi connectivity index (χ3n) is 2.36. The molecule has 0 spiro atoms. The zero-order valence-corrected chi connectivity index (χ0v) is 8.80. The van der Waals surface area contributed by atoms with Crippen LogP contribution in [0.5, 0.6) is 0 Å². The molecule has 2 heteroatoms. The van der Waals surface area contributed by atoms with Gasteiger partial charge in [0.05, 0.1) is 0 Å². The first-order valence-electron chi connectivity index (χ1n) is 4.68. The van der Waals surface area contributed by atoms with Gasteiger partial charge in [-0.25, -0.2) is 4.39 Å². The molecule has 0 radical (unpaired) electrons. The number of halogens is 1. The van der Waals surface area contributed by atoms with Crippen LogP contribution in [-0.4, -0.2) is 5.78 Å². The topological polar surface area (TPSA) is 17.1 Å². The third-order valence-corrected chi connectivity index (χ3v) is 2.36. The van der Waals surface area contributed by atoms with Crippen LogP contribution in [0, 0.1) is 5.41 Å². The fourth-order valence-electron chi connectivity index (χ4n) is 1.27. The van der Waals surface area contributed by atoms with Gasteiger partial charge in [-0.05, 0) is 33.3 Å². The highest BCUT2D eigenvalue weighted by atomic mass is 19.1. The lowest BCUT2D eigenvalue weighted by molar-refractivity contribution is -0.110. The molecule has 1 unspecified atom stereocenters. The highest BCUT2D eigenvalue weighted by Crippen LogP contribution is 2.36. The second kappa shape index (κ2) is 3.91. The van der Waals surface area contributed by atoms with Crippen molar-refractivity contribution in [3.05, 3.63) is 35.7 Å². The predicted octanol–water partition coefficient (Wildman–Crippen LogP) is 3.34. The van der Waals surface area contributed by atoms with Crippen molar-refractivity contribution in [1.82, 2.24) is 0 Å². The maximum atomic E-state index is 13.5. The summed E-state index contributed by atoms with van der Waals surface area (Å²) in [7, 11) is 0. The average molecular weight is 194 g/mol. The molecule has 0 aliphatic heterocycles. The monoisotopic (exact) mass is 194 g/mol. The van der Waals surface area contributed by atoms with Crippen LogP contribution in [0.15, 0.2) is 35.7 Å². The van der Waals surface area contributed by atoms with Crippen molar-refractivity contribution in [2.24, 2.45) is 5.41 Å². The minimum Gasteiger partial charge on any atom is -0.290 e. The van der Waals surface area contributed by atoms with E-state index in [2.05, 4.69) is 0 Å². The Kier molecular flexibility index (Phi) is 3.04. The fraction of sp³-hybridized carbons (Fsp3) is 0.417. The summed E-state index contributed by atoms with van der Waals surface area (Å²) in [5, 5.41) is 0. The van der Waals surface area contributed by atoms with Crippen molar-refractivity contribution >= 4 is 5.78 Å². The molecule has 0 heterocycles. The van der Waals surface area contributed by atoms with Gasteiger partial charge in [-0.2, -0.15) is 0 Å². The maximum absolute atomic E-state index is 13.5. The number of ketones is 1. The van der Waals surface area contributed by atoms with Gasteiger partial charge in [0.1, 0.15) is 5.83 Å². The summed E-state index contributed by atoms with van der Waals surface area (Å²) < 4.78 is 13.5. The molecule has 1 rings (SSSR count). The van der Waals surface area contributed by atoms with Crippen molar-refractivity contribution in [2.75, 3.05) is 0 Å². The lowest BCUT2D eigenvalue weighted by atomic mass is 9.81. The normalized spacial score (nSPS) is 26.0. The van der Waals surface area contributed by atoms with Gasteiger partial charge in [0.15, 0.2) is 5.78 Å². The van der Waals surface area contributed by atoms with Crippen LogP contribution < -0.4 is 0 Å². The van der Waals surface area contributed by atoms with E-state index in [0.29, 0.717) is 6.42 Å². The summed E-state index contributed by atoms with van der Waals surface area (Å²) >= 11 is 0. The highest BCUT2D eigenvalue weighted by Gasteiger charge is 2.28. The van der Waals surface area contributed by atoms with Crippen LogP contribution in [-0.2, 0) is 4.79 Å². The first-order chi connectivity index (χ1) is 6.44. The lowest BCUT2D eigenvalue weighted by Gasteiger charge is -2.24. The minimum atomic E-state index is -0.634. The van der Waals surface area contributed by atoms with Crippen LogP contribution in [0.1, 0.15) is 27.2 Å². The molecule has 1 atom stereocenters. The van der Waals surface area contributed by atoms with E-state index in [-0.39, 0.29) is 11.6 Å². The first-order valence-corrected chi connectivity index (χ1v) is 4.68. The summed E-state index contributed by atoms with van der Waals surface area (Å²) in [4.78, 5) is 10.9. The smallest absolute Gasteiger partial charge is 0.180 e.